The van der Waals surface area contributed by atoms with Crippen molar-refractivity contribution in [2.45, 2.75) is 6.92 Å². The Hall–Kier alpha value is -2.24. The fourth-order valence-corrected chi connectivity index (χ4v) is 1.62. The molecule has 1 aromatic carbocycles. The lowest BCUT2D eigenvalue weighted by Crippen LogP contribution is -2.38. The molecule has 0 aliphatic carbocycles. The van der Waals surface area contributed by atoms with Crippen LogP contribution in [0.5, 0.6) is 5.75 Å². The molecule has 0 fully saturated rings. The fourth-order valence-electron chi connectivity index (χ4n) is 1.62. The molecule has 0 saturated carbocycles. The second kappa shape index (κ2) is 6.63. The highest BCUT2D eigenvalue weighted by molar-refractivity contribution is 5.97. The molecule has 0 aromatic heterocycles. The van der Waals surface area contributed by atoms with E-state index < -0.39 is 0 Å². The molecule has 1 rings (SSSR count). The number of rotatable bonds is 5. The van der Waals surface area contributed by atoms with E-state index in [1.54, 1.807) is 25.2 Å². The molecule has 104 valence electrons. The molecule has 0 unspecified atom stereocenters. The van der Waals surface area contributed by atoms with Crippen molar-refractivity contribution in [3.8, 4) is 5.75 Å². The zero-order valence-corrected chi connectivity index (χ0v) is 11.4. The number of nitrogens with zero attached hydrogens (tertiary/aromatic N) is 1. The molecule has 0 heterocycles. The lowest BCUT2D eigenvalue weighted by Gasteiger charge is -2.17. The third-order valence-electron chi connectivity index (χ3n) is 2.51. The number of carbonyl (C=O) groups is 2. The van der Waals surface area contributed by atoms with Crippen LogP contribution in [-0.2, 0) is 4.79 Å². The Labute approximate surface area is 112 Å². The third-order valence-corrected chi connectivity index (χ3v) is 2.51. The van der Waals surface area contributed by atoms with Crippen molar-refractivity contribution in [2.75, 3.05) is 33.0 Å². The number of nitrogen functional groups attached to an aromatic ring is 1. The molecule has 0 saturated heterocycles. The summed E-state index contributed by atoms with van der Waals surface area (Å²) in [5.74, 6) is 0.0285. The standard InChI is InChI=1S/C13H19N3O3/c1-4-15-12(17)8-16(2)13(18)9-5-10(14)7-11(6-9)19-3/h5-7H,4,8,14H2,1-3H3,(H,15,17). The average molecular weight is 265 g/mol. The number of methoxy groups -OCH3 is 1. The van der Waals surface area contributed by atoms with Crippen LogP contribution >= 0.6 is 0 Å². The molecular weight excluding hydrogens is 246 g/mol. The number of hydrogen-bond donors (Lipinski definition) is 2. The maximum atomic E-state index is 12.1. The van der Waals surface area contributed by atoms with Crippen LogP contribution in [0.1, 0.15) is 17.3 Å². The van der Waals surface area contributed by atoms with Gasteiger partial charge in [0.2, 0.25) is 5.91 Å². The van der Waals surface area contributed by atoms with Gasteiger partial charge in [-0.15, -0.1) is 0 Å². The van der Waals surface area contributed by atoms with E-state index >= 15 is 0 Å². The highest BCUT2D eigenvalue weighted by Gasteiger charge is 2.15. The van der Waals surface area contributed by atoms with E-state index in [-0.39, 0.29) is 18.4 Å². The zero-order chi connectivity index (χ0) is 14.4. The summed E-state index contributed by atoms with van der Waals surface area (Å²) in [5, 5.41) is 2.63. The van der Waals surface area contributed by atoms with Crippen molar-refractivity contribution in [2.24, 2.45) is 0 Å². The van der Waals surface area contributed by atoms with Gasteiger partial charge in [-0.2, -0.15) is 0 Å². The van der Waals surface area contributed by atoms with Crippen molar-refractivity contribution < 1.29 is 14.3 Å². The first-order chi connectivity index (χ1) is 8.97. The summed E-state index contributed by atoms with van der Waals surface area (Å²) in [6, 6.07) is 4.77. The molecule has 19 heavy (non-hydrogen) atoms. The lowest BCUT2D eigenvalue weighted by molar-refractivity contribution is -0.121. The smallest absolute Gasteiger partial charge is 0.254 e. The first-order valence-corrected chi connectivity index (χ1v) is 5.94. The van der Waals surface area contributed by atoms with E-state index in [0.29, 0.717) is 23.5 Å². The molecule has 3 N–H and O–H groups in total. The van der Waals surface area contributed by atoms with Crippen molar-refractivity contribution in [1.29, 1.82) is 0 Å². The van der Waals surface area contributed by atoms with Gasteiger partial charge >= 0.3 is 0 Å². The minimum atomic E-state index is -0.281. The topological polar surface area (TPSA) is 84.7 Å². The highest BCUT2D eigenvalue weighted by atomic mass is 16.5. The van der Waals surface area contributed by atoms with Crippen molar-refractivity contribution in [3.63, 3.8) is 0 Å². The number of benzene rings is 1. The molecule has 0 atom stereocenters. The van der Waals surface area contributed by atoms with Gasteiger partial charge in [-0.3, -0.25) is 9.59 Å². The van der Waals surface area contributed by atoms with Crippen LogP contribution in [0.3, 0.4) is 0 Å². The molecule has 2 amide bonds. The molecule has 6 nitrogen and oxygen atoms in total. The Morgan fingerprint density at radius 1 is 1.37 bits per heavy atom. The van der Waals surface area contributed by atoms with E-state index in [1.807, 2.05) is 6.92 Å². The summed E-state index contributed by atoms with van der Waals surface area (Å²) < 4.78 is 5.06. The maximum Gasteiger partial charge on any atom is 0.254 e. The number of amides is 2. The minimum absolute atomic E-state index is 0.00376. The zero-order valence-electron chi connectivity index (χ0n) is 11.4. The summed E-state index contributed by atoms with van der Waals surface area (Å²) in [6.45, 7) is 2.36. The number of likely N-dealkylation sites (N-methyl/N-ethyl adjacent to an activating group) is 2. The highest BCUT2D eigenvalue weighted by Crippen LogP contribution is 2.19. The van der Waals surface area contributed by atoms with Gasteiger partial charge in [0, 0.05) is 30.9 Å². The lowest BCUT2D eigenvalue weighted by atomic mass is 10.1. The molecular formula is C13H19N3O3. The number of hydrogen-bond acceptors (Lipinski definition) is 4. The van der Waals surface area contributed by atoms with Crippen molar-refractivity contribution in [1.82, 2.24) is 10.2 Å². The van der Waals surface area contributed by atoms with Crippen LogP contribution in [0.4, 0.5) is 5.69 Å². The summed E-state index contributed by atoms with van der Waals surface area (Å²) >= 11 is 0. The van der Waals surface area contributed by atoms with Gasteiger partial charge in [-0.1, -0.05) is 0 Å². The predicted octanol–water partition coefficient (Wildman–Crippen LogP) is 0.486. The maximum absolute atomic E-state index is 12.1. The Morgan fingerprint density at radius 2 is 2.05 bits per heavy atom. The third kappa shape index (κ3) is 4.17. The molecule has 0 aliphatic heterocycles. The number of nitrogens with one attached hydrogen (secondary N) is 1. The first-order valence-electron chi connectivity index (χ1n) is 5.94. The summed E-state index contributed by atoms with van der Waals surface area (Å²) in [6.07, 6.45) is 0. The second-order valence-corrected chi connectivity index (χ2v) is 4.11. The van der Waals surface area contributed by atoms with E-state index in [4.69, 9.17) is 10.5 Å². The SMILES string of the molecule is CCNC(=O)CN(C)C(=O)c1cc(N)cc(OC)c1. The largest absolute Gasteiger partial charge is 0.497 e. The van der Waals surface area contributed by atoms with Crippen LogP contribution in [-0.4, -0.2) is 44.0 Å². The van der Waals surface area contributed by atoms with Crippen LogP contribution in [0.2, 0.25) is 0 Å². The first kappa shape index (κ1) is 14.8. The van der Waals surface area contributed by atoms with E-state index in [0.717, 1.165) is 0 Å². The van der Waals surface area contributed by atoms with Crippen LogP contribution < -0.4 is 15.8 Å². The second-order valence-electron chi connectivity index (χ2n) is 4.11. The molecule has 0 aliphatic rings. The monoisotopic (exact) mass is 265 g/mol. The summed E-state index contributed by atoms with van der Waals surface area (Å²) in [5.41, 5.74) is 6.52. The molecule has 6 heteroatoms. The average Bonchev–Trinajstić information content (AvgIpc) is 2.37. The van der Waals surface area contributed by atoms with Gasteiger partial charge in [-0.05, 0) is 19.1 Å². The Morgan fingerprint density at radius 3 is 2.63 bits per heavy atom. The van der Waals surface area contributed by atoms with Gasteiger partial charge < -0.3 is 20.7 Å². The quantitative estimate of drug-likeness (QED) is 0.759. The van der Waals surface area contributed by atoms with Crippen LogP contribution in [0.15, 0.2) is 18.2 Å². The predicted molar refractivity (Wildman–Crippen MR) is 73.1 cm³/mol. The van der Waals surface area contributed by atoms with Crippen LogP contribution in [0.25, 0.3) is 0 Å². The number of nitrogens with two attached hydrogens (primary N) is 1. The van der Waals surface area contributed by atoms with Gasteiger partial charge in [0.05, 0.1) is 13.7 Å². The summed E-state index contributed by atoms with van der Waals surface area (Å²) in [7, 11) is 3.06. The molecule has 0 spiro atoms. The van der Waals surface area contributed by atoms with Crippen molar-refractivity contribution in [3.05, 3.63) is 23.8 Å². The number of anilines is 1. The Bertz CT molecular complexity index is 474. The Balaban J connectivity index is 2.81. The van der Waals surface area contributed by atoms with Crippen LogP contribution in [0, 0.1) is 0 Å². The molecule has 0 bridgehead atoms. The van der Waals surface area contributed by atoms with Crippen molar-refractivity contribution >= 4 is 17.5 Å². The Kier molecular flexibility index (Phi) is 5.17. The number of ether oxygens (including phenoxy) is 1. The fraction of sp³-hybridized carbons (Fsp3) is 0.385. The van der Waals surface area contributed by atoms with E-state index in [9.17, 15) is 9.59 Å². The van der Waals surface area contributed by atoms with Gasteiger partial charge in [0.15, 0.2) is 0 Å². The molecule has 1 aromatic rings. The molecule has 0 radical (unpaired) electrons. The normalized spacial score (nSPS) is 9.84. The summed E-state index contributed by atoms with van der Waals surface area (Å²) in [4.78, 5) is 24.9. The van der Waals surface area contributed by atoms with Gasteiger partial charge in [0.25, 0.3) is 5.91 Å². The van der Waals surface area contributed by atoms with Gasteiger partial charge in [-0.25, -0.2) is 0 Å². The van der Waals surface area contributed by atoms with E-state index in [2.05, 4.69) is 5.32 Å². The van der Waals surface area contributed by atoms with E-state index in [1.165, 1.54) is 12.0 Å². The van der Waals surface area contributed by atoms with Gasteiger partial charge in [0.1, 0.15) is 5.75 Å². The number of carbonyl (C=O) groups excluding carboxylic acids is 2. The minimum Gasteiger partial charge on any atom is -0.497 e.